The number of ether oxygens (including phenoxy) is 1. The van der Waals surface area contributed by atoms with Crippen LogP contribution in [0.2, 0.25) is 0 Å². The van der Waals surface area contributed by atoms with Crippen LogP contribution in [0.15, 0.2) is 30.3 Å². The molecule has 0 aliphatic carbocycles. The summed E-state index contributed by atoms with van der Waals surface area (Å²) in [6.45, 7) is 5.13. The van der Waals surface area contributed by atoms with Crippen molar-refractivity contribution in [2.24, 2.45) is 0 Å². The number of hydrogen-bond donors (Lipinski definition) is 0. The van der Waals surface area contributed by atoms with Crippen LogP contribution in [-0.2, 0) is 14.3 Å². The van der Waals surface area contributed by atoms with E-state index in [2.05, 4.69) is 0 Å². The molecule has 3 rings (SSSR count). The Kier molecular flexibility index (Phi) is 6.57. The molecule has 1 saturated heterocycles. The van der Waals surface area contributed by atoms with Gasteiger partial charge in [0.1, 0.15) is 0 Å². The summed E-state index contributed by atoms with van der Waals surface area (Å²) in [6, 6.07) is 7.64. The van der Waals surface area contributed by atoms with Crippen LogP contribution < -0.4 is 0 Å². The van der Waals surface area contributed by atoms with Gasteiger partial charge in [0.05, 0.1) is 19.2 Å². The van der Waals surface area contributed by atoms with E-state index in [1.54, 1.807) is 37.3 Å². The van der Waals surface area contributed by atoms with Gasteiger partial charge >= 0.3 is 23.8 Å². The van der Waals surface area contributed by atoms with Gasteiger partial charge in [-0.25, -0.2) is 14.5 Å². The second-order valence-electron chi connectivity index (χ2n) is 7.57. The number of nitrogens with zero attached hydrogens (tertiary/aromatic N) is 3. The molecule has 1 aliphatic rings. The molecule has 0 radical (unpaired) electrons. The highest BCUT2D eigenvalue weighted by molar-refractivity contribution is 6.45. The van der Waals surface area contributed by atoms with Crippen LogP contribution >= 0.6 is 0 Å². The van der Waals surface area contributed by atoms with E-state index in [9.17, 15) is 24.0 Å². The summed E-state index contributed by atoms with van der Waals surface area (Å²) in [7, 11) is 1.31. The predicted molar refractivity (Wildman–Crippen MR) is 115 cm³/mol. The number of esters is 1. The topological polar surface area (TPSA) is 106 Å². The van der Waals surface area contributed by atoms with Crippen molar-refractivity contribution < 1.29 is 28.7 Å². The Morgan fingerprint density at radius 3 is 2.19 bits per heavy atom. The molecule has 4 amide bonds. The first kappa shape index (κ1) is 22.9. The number of Topliss-reactive ketones (excluding diaryl/α,β-unsaturated/α-hetero) is 1. The molecule has 0 atom stereocenters. The molecule has 1 aromatic carbocycles. The zero-order valence-electron chi connectivity index (χ0n) is 18.5. The zero-order chi connectivity index (χ0) is 23.6. The number of rotatable bonds is 8. The minimum absolute atomic E-state index is 0.153. The molecule has 9 heteroatoms. The Labute approximate surface area is 185 Å². The summed E-state index contributed by atoms with van der Waals surface area (Å²) < 4.78 is 6.54. The number of hydrogen-bond acceptors (Lipinski definition) is 6. The van der Waals surface area contributed by atoms with Crippen molar-refractivity contribution >= 4 is 29.6 Å². The lowest BCUT2D eigenvalue weighted by atomic mass is 10.1. The summed E-state index contributed by atoms with van der Waals surface area (Å²) >= 11 is 0. The number of aryl methyl sites for hydroxylation is 1. The van der Waals surface area contributed by atoms with Crippen molar-refractivity contribution in [3.05, 3.63) is 52.8 Å². The molecule has 2 aromatic rings. The van der Waals surface area contributed by atoms with Gasteiger partial charge in [0.2, 0.25) is 0 Å². The standard InChI is InChI=1S/C23H25N3O6/c1-5-6-11-24-20(28)21(29)25(23(24)31)13-19(27)18-12-14(2)26(15(18)3)17-9-7-16(8-10-17)22(30)32-4/h7-10,12H,5-6,11,13H2,1-4H3. The van der Waals surface area contributed by atoms with Crippen LogP contribution in [0.5, 0.6) is 0 Å². The summed E-state index contributed by atoms with van der Waals surface area (Å²) in [4.78, 5) is 63.1. The maximum absolute atomic E-state index is 13.0. The van der Waals surface area contributed by atoms with E-state index in [1.165, 1.54) is 7.11 Å². The highest BCUT2D eigenvalue weighted by atomic mass is 16.5. The number of benzene rings is 1. The van der Waals surface area contributed by atoms with E-state index >= 15 is 0 Å². The van der Waals surface area contributed by atoms with Gasteiger partial charge in [-0.15, -0.1) is 0 Å². The summed E-state index contributed by atoms with van der Waals surface area (Å²) in [5.41, 5.74) is 2.86. The first-order valence-electron chi connectivity index (χ1n) is 10.3. The fourth-order valence-corrected chi connectivity index (χ4v) is 3.74. The van der Waals surface area contributed by atoms with Crippen LogP contribution in [0.4, 0.5) is 4.79 Å². The third-order valence-electron chi connectivity index (χ3n) is 5.45. The highest BCUT2D eigenvalue weighted by Crippen LogP contribution is 2.23. The number of methoxy groups -OCH3 is 1. The first-order valence-corrected chi connectivity index (χ1v) is 10.3. The van der Waals surface area contributed by atoms with Crippen LogP contribution in [0.1, 0.15) is 51.9 Å². The van der Waals surface area contributed by atoms with E-state index in [0.717, 1.165) is 22.7 Å². The van der Waals surface area contributed by atoms with Crippen molar-refractivity contribution in [2.45, 2.75) is 33.6 Å². The molecule has 0 saturated carbocycles. The Bertz CT molecular complexity index is 1100. The van der Waals surface area contributed by atoms with Crippen LogP contribution in [0, 0.1) is 13.8 Å². The maximum atomic E-state index is 13.0. The average molecular weight is 439 g/mol. The third-order valence-corrected chi connectivity index (χ3v) is 5.45. The molecule has 1 fully saturated rings. The number of urea groups is 1. The third kappa shape index (κ3) is 4.05. The highest BCUT2D eigenvalue weighted by Gasteiger charge is 2.44. The molecule has 2 heterocycles. The fraction of sp³-hybridized carbons (Fsp3) is 0.348. The quantitative estimate of drug-likeness (QED) is 0.271. The van der Waals surface area contributed by atoms with Crippen LogP contribution in [-0.4, -0.2) is 64.2 Å². The van der Waals surface area contributed by atoms with Crippen LogP contribution in [0.25, 0.3) is 5.69 Å². The number of ketones is 1. The van der Waals surface area contributed by atoms with Gasteiger partial charge in [-0.1, -0.05) is 13.3 Å². The van der Waals surface area contributed by atoms with Gasteiger partial charge in [-0.05, 0) is 50.6 Å². The summed E-state index contributed by atoms with van der Waals surface area (Å²) in [6.07, 6.45) is 1.35. The van der Waals surface area contributed by atoms with E-state index in [1.807, 2.05) is 18.4 Å². The van der Waals surface area contributed by atoms with Crippen molar-refractivity contribution in [1.82, 2.24) is 14.4 Å². The van der Waals surface area contributed by atoms with E-state index in [4.69, 9.17) is 4.74 Å². The Hall–Kier alpha value is -3.75. The lowest BCUT2D eigenvalue weighted by Crippen LogP contribution is -2.37. The molecule has 168 valence electrons. The van der Waals surface area contributed by atoms with E-state index in [-0.39, 0.29) is 6.54 Å². The van der Waals surface area contributed by atoms with Gasteiger partial charge in [-0.2, -0.15) is 0 Å². The molecule has 0 spiro atoms. The number of imide groups is 2. The van der Waals surface area contributed by atoms with Crippen molar-refractivity contribution in [3.8, 4) is 5.69 Å². The number of unbranched alkanes of at least 4 members (excludes halogenated alkanes) is 1. The Morgan fingerprint density at radius 1 is 0.969 bits per heavy atom. The lowest BCUT2D eigenvalue weighted by molar-refractivity contribution is -0.143. The summed E-state index contributed by atoms with van der Waals surface area (Å²) in [5, 5.41) is 0. The minimum atomic E-state index is -0.980. The molecular weight excluding hydrogens is 414 g/mol. The Balaban J connectivity index is 1.83. The monoisotopic (exact) mass is 439 g/mol. The second-order valence-corrected chi connectivity index (χ2v) is 7.57. The van der Waals surface area contributed by atoms with Gasteiger partial charge in [0.15, 0.2) is 5.78 Å². The Morgan fingerprint density at radius 2 is 1.59 bits per heavy atom. The van der Waals surface area contributed by atoms with Crippen molar-refractivity contribution in [3.63, 3.8) is 0 Å². The maximum Gasteiger partial charge on any atom is 0.337 e. The smallest absolute Gasteiger partial charge is 0.337 e. The fourth-order valence-electron chi connectivity index (χ4n) is 3.74. The number of amides is 4. The first-order chi connectivity index (χ1) is 15.2. The molecule has 0 N–H and O–H groups in total. The SMILES string of the molecule is CCCCN1C(=O)C(=O)N(CC(=O)c2cc(C)n(-c3ccc(C(=O)OC)cc3)c2C)C1=O. The molecule has 1 aromatic heterocycles. The predicted octanol–water partition coefficient (Wildman–Crippen LogP) is 2.65. The number of carbonyl (C=O) groups excluding carboxylic acids is 5. The van der Waals surface area contributed by atoms with Crippen LogP contribution in [0.3, 0.4) is 0 Å². The molecule has 9 nitrogen and oxygen atoms in total. The normalized spacial score (nSPS) is 13.8. The molecule has 0 unspecified atom stereocenters. The number of carbonyl (C=O) groups is 5. The minimum Gasteiger partial charge on any atom is -0.465 e. The van der Waals surface area contributed by atoms with E-state index in [0.29, 0.717) is 28.1 Å². The molecule has 1 aliphatic heterocycles. The van der Waals surface area contributed by atoms with Gasteiger partial charge in [-0.3, -0.25) is 19.3 Å². The van der Waals surface area contributed by atoms with E-state index < -0.39 is 36.1 Å². The lowest BCUT2D eigenvalue weighted by Gasteiger charge is -2.15. The van der Waals surface area contributed by atoms with Gasteiger partial charge in [0, 0.05) is 29.2 Å². The molecular formula is C23H25N3O6. The zero-order valence-corrected chi connectivity index (χ0v) is 18.5. The summed E-state index contributed by atoms with van der Waals surface area (Å²) in [5.74, 6) is -2.77. The second kappa shape index (κ2) is 9.17. The van der Waals surface area contributed by atoms with Crippen molar-refractivity contribution in [1.29, 1.82) is 0 Å². The van der Waals surface area contributed by atoms with Gasteiger partial charge in [0.25, 0.3) is 0 Å². The van der Waals surface area contributed by atoms with Crippen molar-refractivity contribution in [2.75, 3.05) is 20.2 Å². The number of aromatic nitrogens is 1. The van der Waals surface area contributed by atoms with Gasteiger partial charge < -0.3 is 9.30 Å². The largest absolute Gasteiger partial charge is 0.465 e. The molecule has 0 bridgehead atoms. The average Bonchev–Trinajstić information content (AvgIpc) is 3.19. The molecule has 32 heavy (non-hydrogen) atoms.